The van der Waals surface area contributed by atoms with Crippen molar-refractivity contribution in [2.45, 2.75) is 5.16 Å². The second-order valence-electron chi connectivity index (χ2n) is 6.03. The maximum Gasteiger partial charge on any atom is 0.234 e. The van der Waals surface area contributed by atoms with Gasteiger partial charge in [0.05, 0.1) is 17.6 Å². The van der Waals surface area contributed by atoms with E-state index in [-0.39, 0.29) is 11.4 Å². The van der Waals surface area contributed by atoms with Crippen LogP contribution in [0.4, 0.5) is 14.5 Å². The van der Waals surface area contributed by atoms with Gasteiger partial charge < -0.3 is 5.32 Å². The van der Waals surface area contributed by atoms with Crippen LogP contribution in [0.25, 0.3) is 17.2 Å². The van der Waals surface area contributed by atoms with E-state index in [4.69, 9.17) is 0 Å². The van der Waals surface area contributed by atoms with E-state index in [0.717, 1.165) is 23.5 Å². The second-order valence-corrected chi connectivity index (χ2v) is 6.97. The molecule has 30 heavy (non-hydrogen) atoms. The summed E-state index contributed by atoms with van der Waals surface area (Å²) in [6.45, 7) is 0. The smallest absolute Gasteiger partial charge is 0.234 e. The summed E-state index contributed by atoms with van der Waals surface area (Å²) in [5.74, 6) is -1.60. The predicted molar refractivity (Wildman–Crippen MR) is 108 cm³/mol. The normalized spacial score (nSPS) is 10.7. The van der Waals surface area contributed by atoms with Crippen LogP contribution in [-0.4, -0.2) is 36.4 Å². The lowest BCUT2D eigenvalue weighted by atomic mass is 10.3. The predicted octanol–water partition coefficient (Wildman–Crippen LogP) is 3.73. The first-order valence-electron chi connectivity index (χ1n) is 8.77. The number of para-hydroxylation sites is 1. The molecular weight excluding hydrogens is 410 g/mol. The zero-order valence-electron chi connectivity index (χ0n) is 15.4. The highest BCUT2D eigenvalue weighted by Crippen LogP contribution is 2.27. The molecule has 2 aromatic carbocycles. The molecule has 0 radical (unpaired) electrons. The second kappa shape index (κ2) is 8.78. The van der Waals surface area contributed by atoms with Gasteiger partial charge in [-0.25, -0.2) is 13.8 Å². The summed E-state index contributed by atoms with van der Waals surface area (Å²) in [7, 11) is 0. The van der Waals surface area contributed by atoms with Gasteiger partial charge in [-0.3, -0.25) is 14.3 Å². The molecule has 10 heteroatoms. The molecule has 0 atom stereocenters. The summed E-state index contributed by atoms with van der Waals surface area (Å²) in [6, 6.07) is 12.3. The maximum atomic E-state index is 13.7. The zero-order valence-corrected chi connectivity index (χ0v) is 16.2. The highest BCUT2D eigenvalue weighted by atomic mass is 32.2. The fourth-order valence-corrected chi connectivity index (χ4v) is 3.41. The largest absolute Gasteiger partial charge is 0.323 e. The number of halogens is 2. The van der Waals surface area contributed by atoms with E-state index in [1.165, 1.54) is 6.07 Å². The Morgan fingerprint density at radius 2 is 1.90 bits per heavy atom. The Labute approximate surface area is 174 Å². The summed E-state index contributed by atoms with van der Waals surface area (Å²) in [5.41, 5.74) is 1.22. The molecule has 0 spiro atoms. The number of amides is 1. The van der Waals surface area contributed by atoms with E-state index < -0.39 is 17.5 Å². The summed E-state index contributed by atoms with van der Waals surface area (Å²) in [5, 5.41) is 11.3. The van der Waals surface area contributed by atoms with Crippen molar-refractivity contribution in [2.75, 3.05) is 11.1 Å². The number of carbonyl (C=O) groups excluding carboxylic acids is 1. The minimum Gasteiger partial charge on any atom is -0.323 e. The van der Waals surface area contributed by atoms with Crippen LogP contribution in [0.3, 0.4) is 0 Å². The standard InChI is InChI=1S/C20H14F2N6OS/c21-13-6-7-16(15(22)10-13)25-18(29)12-30-20-27-26-19(17-11-23-8-9-24-17)28(20)14-4-2-1-3-5-14/h1-11H,12H2,(H,25,29). The van der Waals surface area contributed by atoms with Crippen LogP contribution < -0.4 is 5.32 Å². The van der Waals surface area contributed by atoms with Gasteiger partial charge in [0, 0.05) is 24.1 Å². The van der Waals surface area contributed by atoms with Crippen LogP contribution in [0.15, 0.2) is 72.3 Å². The van der Waals surface area contributed by atoms with Gasteiger partial charge in [0.1, 0.15) is 17.3 Å². The van der Waals surface area contributed by atoms with Crippen molar-refractivity contribution in [1.29, 1.82) is 0 Å². The summed E-state index contributed by atoms with van der Waals surface area (Å²) >= 11 is 1.13. The Balaban J connectivity index is 1.57. The van der Waals surface area contributed by atoms with Crippen molar-refractivity contribution >= 4 is 23.4 Å². The lowest BCUT2D eigenvalue weighted by Crippen LogP contribution is -2.15. The first-order chi connectivity index (χ1) is 14.6. The summed E-state index contributed by atoms with van der Waals surface area (Å²) in [6.07, 6.45) is 4.68. The fourth-order valence-electron chi connectivity index (χ4n) is 2.66. The minimum absolute atomic E-state index is 0.0533. The van der Waals surface area contributed by atoms with Crippen molar-refractivity contribution < 1.29 is 13.6 Å². The summed E-state index contributed by atoms with van der Waals surface area (Å²) < 4.78 is 28.5. The zero-order chi connectivity index (χ0) is 20.9. The van der Waals surface area contributed by atoms with Crippen LogP contribution in [0.1, 0.15) is 0 Å². The molecule has 1 N–H and O–H groups in total. The van der Waals surface area contributed by atoms with Gasteiger partial charge in [0.25, 0.3) is 0 Å². The van der Waals surface area contributed by atoms with Crippen LogP contribution >= 0.6 is 11.8 Å². The maximum absolute atomic E-state index is 13.7. The van der Waals surface area contributed by atoms with Gasteiger partial charge in [0.2, 0.25) is 5.91 Å². The molecular formula is C20H14F2N6OS. The molecule has 0 aliphatic carbocycles. The summed E-state index contributed by atoms with van der Waals surface area (Å²) in [4.78, 5) is 20.6. The van der Waals surface area contributed by atoms with Gasteiger partial charge in [0.15, 0.2) is 11.0 Å². The van der Waals surface area contributed by atoms with Crippen LogP contribution in [-0.2, 0) is 4.79 Å². The Morgan fingerprint density at radius 1 is 1.07 bits per heavy atom. The van der Waals surface area contributed by atoms with Crippen LogP contribution in [0.2, 0.25) is 0 Å². The molecule has 1 amide bonds. The lowest BCUT2D eigenvalue weighted by Gasteiger charge is -2.10. The monoisotopic (exact) mass is 424 g/mol. The van der Waals surface area contributed by atoms with Gasteiger partial charge in [-0.2, -0.15) is 0 Å². The lowest BCUT2D eigenvalue weighted by molar-refractivity contribution is -0.113. The molecule has 0 saturated heterocycles. The Morgan fingerprint density at radius 3 is 2.63 bits per heavy atom. The van der Waals surface area contributed by atoms with E-state index in [0.29, 0.717) is 22.7 Å². The number of nitrogens with one attached hydrogen (secondary N) is 1. The van der Waals surface area contributed by atoms with E-state index in [1.54, 1.807) is 23.2 Å². The van der Waals surface area contributed by atoms with Crippen molar-refractivity contribution in [3.63, 3.8) is 0 Å². The first-order valence-corrected chi connectivity index (χ1v) is 9.75. The molecule has 0 saturated carbocycles. The fraction of sp³-hybridized carbons (Fsp3) is 0.0500. The quantitative estimate of drug-likeness (QED) is 0.475. The first kappa shape index (κ1) is 19.6. The molecule has 2 heterocycles. The molecule has 0 aliphatic rings. The number of hydrogen-bond donors (Lipinski definition) is 1. The average Bonchev–Trinajstić information content (AvgIpc) is 3.19. The van der Waals surface area contributed by atoms with Crippen LogP contribution in [0, 0.1) is 11.6 Å². The number of carbonyl (C=O) groups is 1. The molecule has 0 bridgehead atoms. The SMILES string of the molecule is O=C(CSc1nnc(-c2cnccn2)n1-c1ccccc1)Nc1ccc(F)cc1F. The molecule has 2 aromatic heterocycles. The Bertz CT molecular complexity index is 1170. The number of hydrogen-bond acceptors (Lipinski definition) is 6. The third-order valence-corrected chi connectivity index (χ3v) is 4.91. The van der Waals surface area contributed by atoms with Gasteiger partial charge in [-0.1, -0.05) is 30.0 Å². The van der Waals surface area contributed by atoms with E-state index in [9.17, 15) is 13.6 Å². The number of thioether (sulfide) groups is 1. The number of anilines is 1. The molecule has 0 fully saturated rings. The molecule has 4 rings (SSSR count). The van der Waals surface area contributed by atoms with Crippen molar-refractivity contribution in [3.8, 4) is 17.2 Å². The third kappa shape index (κ3) is 4.33. The van der Waals surface area contributed by atoms with E-state index in [2.05, 4.69) is 25.5 Å². The number of nitrogens with zero attached hydrogens (tertiary/aromatic N) is 5. The number of benzene rings is 2. The molecule has 150 valence electrons. The van der Waals surface area contributed by atoms with Crippen molar-refractivity contribution in [1.82, 2.24) is 24.7 Å². The van der Waals surface area contributed by atoms with Crippen molar-refractivity contribution in [2.24, 2.45) is 0 Å². The Hall–Kier alpha value is -3.66. The minimum atomic E-state index is -0.842. The Kier molecular flexibility index (Phi) is 5.75. The van der Waals surface area contributed by atoms with E-state index >= 15 is 0 Å². The number of aromatic nitrogens is 5. The van der Waals surface area contributed by atoms with Gasteiger partial charge in [-0.05, 0) is 24.3 Å². The third-order valence-electron chi connectivity index (χ3n) is 3.98. The number of rotatable bonds is 6. The topological polar surface area (TPSA) is 85.6 Å². The average molecular weight is 424 g/mol. The van der Waals surface area contributed by atoms with Crippen molar-refractivity contribution in [3.05, 3.63) is 78.8 Å². The van der Waals surface area contributed by atoms with E-state index in [1.807, 2.05) is 30.3 Å². The molecule has 4 aromatic rings. The highest BCUT2D eigenvalue weighted by Gasteiger charge is 2.18. The highest BCUT2D eigenvalue weighted by molar-refractivity contribution is 7.99. The van der Waals surface area contributed by atoms with Gasteiger partial charge >= 0.3 is 0 Å². The molecule has 7 nitrogen and oxygen atoms in total. The molecule has 0 unspecified atom stereocenters. The van der Waals surface area contributed by atoms with Crippen LogP contribution in [0.5, 0.6) is 0 Å². The molecule has 0 aliphatic heterocycles. The van der Waals surface area contributed by atoms with Gasteiger partial charge in [-0.15, -0.1) is 10.2 Å².